The van der Waals surface area contributed by atoms with Gasteiger partial charge >= 0.3 is 5.97 Å². The van der Waals surface area contributed by atoms with E-state index in [-0.39, 0.29) is 18.1 Å². The third-order valence-corrected chi connectivity index (χ3v) is 3.62. The van der Waals surface area contributed by atoms with Crippen molar-refractivity contribution < 1.29 is 9.53 Å². The van der Waals surface area contributed by atoms with Crippen LogP contribution in [0.4, 0.5) is 5.69 Å². The molecule has 1 aromatic carbocycles. The SMILES string of the molecule is CCC1=NN2c3ccccc3C[C@H]2[C@H](C)OC1=O. The van der Waals surface area contributed by atoms with Gasteiger partial charge in [-0.2, -0.15) is 5.10 Å². The zero-order valence-corrected chi connectivity index (χ0v) is 10.6. The zero-order chi connectivity index (χ0) is 12.7. The van der Waals surface area contributed by atoms with Gasteiger partial charge in [0.1, 0.15) is 11.8 Å². The molecule has 4 heteroatoms. The summed E-state index contributed by atoms with van der Waals surface area (Å²) >= 11 is 0. The van der Waals surface area contributed by atoms with Gasteiger partial charge in [-0.3, -0.25) is 5.01 Å². The van der Waals surface area contributed by atoms with Crippen LogP contribution in [0, 0.1) is 0 Å². The fourth-order valence-corrected chi connectivity index (χ4v) is 2.59. The van der Waals surface area contributed by atoms with Crippen molar-refractivity contribution in [2.24, 2.45) is 5.10 Å². The minimum atomic E-state index is -0.281. The van der Waals surface area contributed by atoms with Gasteiger partial charge < -0.3 is 4.74 Å². The van der Waals surface area contributed by atoms with Crippen LogP contribution >= 0.6 is 0 Å². The van der Waals surface area contributed by atoms with E-state index in [1.54, 1.807) is 0 Å². The largest absolute Gasteiger partial charge is 0.456 e. The maximum absolute atomic E-state index is 11.8. The van der Waals surface area contributed by atoms with E-state index in [1.165, 1.54) is 5.56 Å². The van der Waals surface area contributed by atoms with Gasteiger partial charge in [-0.25, -0.2) is 4.79 Å². The first-order valence-corrected chi connectivity index (χ1v) is 6.36. The van der Waals surface area contributed by atoms with Crippen LogP contribution in [0.3, 0.4) is 0 Å². The van der Waals surface area contributed by atoms with Crippen molar-refractivity contribution in [3.05, 3.63) is 29.8 Å². The van der Waals surface area contributed by atoms with Crippen LogP contribution in [0.1, 0.15) is 25.8 Å². The Labute approximate surface area is 106 Å². The molecule has 0 unspecified atom stereocenters. The summed E-state index contributed by atoms with van der Waals surface area (Å²) in [7, 11) is 0. The normalized spacial score (nSPS) is 26.0. The molecule has 0 N–H and O–H groups in total. The molecular formula is C14H16N2O2. The van der Waals surface area contributed by atoms with E-state index in [4.69, 9.17) is 4.74 Å². The number of fused-ring (bicyclic) bond motifs is 3. The van der Waals surface area contributed by atoms with Crippen molar-refractivity contribution in [3.63, 3.8) is 0 Å². The van der Waals surface area contributed by atoms with Gasteiger partial charge in [-0.1, -0.05) is 25.1 Å². The van der Waals surface area contributed by atoms with E-state index in [1.807, 2.05) is 31.0 Å². The summed E-state index contributed by atoms with van der Waals surface area (Å²) in [6.45, 7) is 3.86. The number of carbonyl (C=O) groups excluding carboxylic acids is 1. The molecule has 0 radical (unpaired) electrons. The van der Waals surface area contributed by atoms with Gasteiger partial charge in [-0.05, 0) is 25.0 Å². The highest BCUT2D eigenvalue weighted by Gasteiger charge is 2.38. The molecule has 0 saturated heterocycles. The number of carbonyl (C=O) groups is 1. The lowest BCUT2D eigenvalue weighted by atomic mass is 10.1. The van der Waals surface area contributed by atoms with E-state index in [9.17, 15) is 4.79 Å². The third kappa shape index (κ3) is 1.60. The molecule has 18 heavy (non-hydrogen) atoms. The number of benzene rings is 1. The van der Waals surface area contributed by atoms with Gasteiger partial charge in [0.2, 0.25) is 0 Å². The smallest absolute Gasteiger partial charge is 0.354 e. The van der Waals surface area contributed by atoms with E-state index < -0.39 is 0 Å². The number of cyclic esters (lactones) is 1. The molecule has 2 atom stereocenters. The minimum absolute atomic E-state index is 0.121. The number of anilines is 1. The van der Waals surface area contributed by atoms with Gasteiger partial charge in [-0.15, -0.1) is 0 Å². The molecule has 0 amide bonds. The fourth-order valence-electron chi connectivity index (χ4n) is 2.59. The van der Waals surface area contributed by atoms with Gasteiger partial charge in [0, 0.05) is 6.42 Å². The van der Waals surface area contributed by atoms with Gasteiger partial charge in [0.25, 0.3) is 0 Å². The Kier molecular flexibility index (Phi) is 2.58. The van der Waals surface area contributed by atoms with Crippen molar-refractivity contribution >= 4 is 17.4 Å². The zero-order valence-electron chi connectivity index (χ0n) is 10.6. The summed E-state index contributed by atoms with van der Waals surface area (Å²) in [5, 5.41) is 6.47. The summed E-state index contributed by atoms with van der Waals surface area (Å²) in [6, 6.07) is 8.32. The standard InChI is InChI=1S/C14H16N2O2/c1-3-11-14(17)18-9(2)13-8-10-6-4-5-7-12(10)16(13)15-11/h4-7,9,13H,3,8H2,1-2H3/t9-,13-/m0/s1. The summed E-state index contributed by atoms with van der Waals surface area (Å²) in [5.74, 6) is -0.281. The summed E-state index contributed by atoms with van der Waals surface area (Å²) in [4.78, 5) is 11.8. The molecule has 0 saturated carbocycles. The van der Waals surface area contributed by atoms with Crippen LogP contribution in [0.15, 0.2) is 29.4 Å². The summed E-state index contributed by atoms with van der Waals surface area (Å²) in [6.07, 6.45) is 1.33. The van der Waals surface area contributed by atoms with Gasteiger partial charge in [0.15, 0.2) is 0 Å². The Balaban J connectivity index is 2.08. The molecule has 0 fully saturated rings. The Morgan fingerprint density at radius 3 is 3.00 bits per heavy atom. The minimum Gasteiger partial charge on any atom is -0.456 e. The molecule has 1 aromatic rings. The molecule has 0 bridgehead atoms. The van der Waals surface area contributed by atoms with Crippen LogP contribution in [-0.2, 0) is 16.0 Å². The second kappa shape index (κ2) is 4.12. The fraction of sp³-hybridized carbons (Fsp3) is 0.429. The van der Waals surface area contributed by atoms with Crippen molar-refractivity contribution in [3.8, 4) is 0 Å². The molecule has 3 rings (SSSR count). The first-order valence-electron chi connectivity index (χ1n) is 6.36. The number of hydrogen-bond acceptors (Lipinski definition) is 4. The predicted molar refractivity (Wildman–Crippen MR) is 69.7 cm³/mol. The maximum Gasteiger partial charge on any atom is 0.354 e. The number of rotatable bonds is 1. The lowest BCUT2D eigenvalue weighted by molar-refractivity contribution is -0.140. The average molecular weight is 244 g/mol. The van der Waals surface area contributed by atoms with Crippen LogP contribution < -0.4 is 5.01 Å². The van der Waals surface area contributed by atoms with Crippen molar-refractivity contribution in [1.82, 2.24) is 0 Å². The van der Waals surface area contributed by atoms with Crippen molar-refractivity contribution in [2.75, 3.05) is 5.01 Å². The van der Waals surface area contributed by atoms with Crippen LogP contribution in [-0.4, -0.2) is 23.8 Å². The third-order valence-electron chi connectivity index (χ3n) is 3.62. The monoisotopic (exact) mass is 244 g/mol. The number of hydrogen-bond donors (Lipinski definition) is 0. The number of para-hydroxylation sites is 1. The Bertz CT molecular complexity index is 524. The second-order valence-electron chi connectivity index (χ2n) is 4.76. The first kappa shape index (κ1) is 11.3. The maximum atomic E-state index is 11.8. The lowest BCUT2D eigenvalue weighted by Crippen LogP contribution is -2.37. The molecule has 94 valence electrons. The quantitative estimate of drug-likeness (QED) is 0.711. The Morgan fingerprint density at radius 1 is 1.44 bits per heavy atom. The number of esters is 1. The van der Waals surface area contributed by atoms with Crippen LogP contribution in [0.2, 0.25) is 0 Å². The van der Waals surface area contributed by atoms with E-state index in [0.717, 1.165) is 12.1 Å². The van der Waals surface area contributed by atoms with Gasteiger partial charge in [0.05, 0.1) is 11.7 Å². The summed E-state index contributed by atoms with van der Waals surface area (Å²) < 4.78 is 5.45. The first-order chi connectivity index (χ1) is 8.70. The molecule has 4 nitrogen and oxygen atoms in total. The predicted octanol–water partition coefficient (Wildman–Crippen LogP) is 2.13. The number of hydrazone groups is 1. The Hall–Kier alpha value is -1.84. The highest BCUT2D eigenvalue weighted by Crippen LogP contribution is 2.35. The molecule has 2 aliphatic heterocycles. The highest BCUT2D eigenvalue weighted by molar-refractivity contribution is 6.36. The lowest BCUT2D eigenvalue weighted by Gasteiger charge is -2.24. The van der Waals surface area contributed by atoms with E-state index >= 15 is 0 Å². The molecule has 0 spiro atoms. The van der Waals surface area contributed by atoms with Crippen molar-refractivity contribution in [1.29, 1.82) is 0 Å². The van der Waals surface area contributed by atoms with Crippen molar-refractivity contribution in [2.45, 2.75) is 38.8 Å². The highest BCUT2D eigenvalue weighted by atomic mass is 16.5. The van der Waals surface area contributed by atoms with Crippen LogP contribution in [0.25, 0.3) is 0 Å². The molecule has 2 aliphatic rings. The molecule has 0 aliphatic carbocycles. The van der Waals surface area contributed by atoms with Crippen LogP contribution in [0.5, 0.6) is 0 Å². The number of ether oxygens (including phenoxy) is 1. The topological polar surface area (TPSA) is 41.9 Å². The average Bonchev–Trinajstić information content (AvgIpc) is 2.69. The molecule has 2 heterocycles. The molecule has 0 aromatic heterocycles. The van der Waals surface area contributed by atoms with E-state index in [0.29, 0.717) is 12.1 Å². The summed E-state index contributed by atoms with van der Waals surface area (Å²) in [5.41, 5.74) is 2.87. The second-order valence-corrected chi connectivity index (χ2v) is 4.76. The molecular weight excluding hydrogens is 228 g/mol. The number of nitrogens with zero attached hydrogens (tertiary/aromatic N) is 2. The Morgan fingerprint density at radius 2 is 2.22 bits per heavy atom. The van der Waals surface area contributed by atoms with E-state index in [2.05, 4.69) is 17.2 Å².